The monoisotopic (exact) mass is 365 g/mol. The summed E-state index contributed by atoms with van der Waals surface area (Å²) in [6, 6.07) is 9.35. The standard InChI is InChI=1S/C18H15N5O4/c19-17(25)15(24)13(8-11-4-2-1-3-5-11)23-18(26)16-14(22-10-27-16)12-6-7-20-9-21-12/h1-7,9-10,13H,8H2,(H2,19,25)(H,23,26). The molecule has 0 bridgehead atoms. The molecule has 2 amide bonds. The topological polar surface area (TPSA) is 141 Å². The van der Waals surface area contributed by atoms with Crippen LogP contribution in [0.25, 0.3) is 11.4 Å². The third-order valence-electron chi connectivity index (χ3n) is 3.75. The average molecular weight is 365 g/mol. The Morgan fingerprint density at radius 1 is 1.11 bits per heavy atom. The SMILES string of the molecule is NC(=O)C(=O)C(Cc1ccccc1)NC(=O)c1ocnc1-c1ccncn1. The fraction of sp³-hybridized carbons (Fsp3) is 0.111. The summed E-state index contributed by atoms with van der Waals surface area (Å²) >= 11 is 0. The zero-order chi connectivity index (χ0) is 19.2. The fourth-order valence-corrected chi connectivity index (χ4v) is 2.48. The van der Waals surface area contributed by atoms with E-state index in [9.17, 15) is 14.4 Å². The Hall–Kier alpha value is -3.88. The number of Topliss-reactive ketones (excluding diaryl/α,β-unsaturated/α-hetero) is 1. The van der Waals surface area contributed by atoms with Crippen LogP contribution < -0.4 is 11.1 Å². The van der Waals surface area contributed by atoms with E-state index in [1.807, 2.05) is 6.07 Å². The second-order valence-corrected chi connectivity index (χ2v) is 5.57. The van der Waals surface area contributed by atoms with Gasteiger partial charge in [0.15, 0.2) is 6.39 Å². The van der Waals surface area contributed by atoms with Gasteiger partial charge in [0.25, 0.3) is 11.8 Å². The Labute approximate surface area is 153 Å². The number of rotatable bonds is 7. The number of carbonyl (C=O) groups excluding carboxylic acids is 3. The number of carbonyl (C=O) groups is 3. The molecule has 0 spiro atoms. The molecule has 1 unspecified atom stereocenters. The lowest BCUT2D eigenvalue weighted by Gasteiger charge is -2.15. The lowest BCUT2D eigenvalue weighted by Crippen LogP contribution is -2.47. The predicted octanol–water partition coefficient (Wildman–Crippen LogP) is 0.527. The molecule has 9 heteroatoms. The van der Waals surface area contributed by atoms with Gasteiger partial charge in [-0.05, 0) is 11.6 Å². The summed E-state index contributed by atoms with van der Waals surface area (Å²) in [5.74, 6) is -2.89. The number of oxazole rings is 1. The van der Waals surface area contributed by atoms with E-state index in [4.69, 9.17) is 10.2 Å². The van der Waals surface area contributed by atoms with Crippen LogP contribution >= 0.6 is 0 Å². The van der Waals surface area contributed by atoms with E-state index >= 15 is 0 Å². The van der Waals surface area contributed by atoms with Gasteiger partial charge < -0.3 is 15.5 Å². The summed E-state index contributed by atoms with van der Waals surface area (Å²) in [5, 5.41) is 2.49. The maximum atomic E-state index is 12.6. The van der Waals surface area contributed by atoms with Crippen molar-refractivity contribution in [1.29, 1.82) is 0 Å². The highest BCUT2D eigenvalue weighted by Crippen LogP contribution is 2.19. The van der Waals surface area contributed by atoms with Crippen LogP contribution in [0.5, 0.6) is 0 Å². The van der Waals surface area contributed by atoms with Crippen LogP contribution in [-0.4, -0.2) is 38.6 Å². The molecule has 1 atom stereocenters. The van der Waals surface area contributed by atoms with Gasteiger partial charge >= 0.3 is 0 Å². The molecule has 0 aliphatic rings. The first-order valence-electron chi connectivity index (χ1n) is 7.94. The van der Waals surface area contributed by atoms with E-state index in [-0.39, 0.29) is 17.9 Å². The molecule has 1 aromatic carbocycles. The van der Waals surface area contributed by atoms with Crippen molar-refractivity contribution in [2.45, 2.75) is 12.5 Å². The van der Waals surface area contributed by atoms with Gasteiger partial charge in [-0.1, -0.05) is 30.3 Å². The minimum absolute atomic E-state index is 0.103. The van der Waals surface area contributed by atoms with E-state index < -0.39 is 23.6 Å². The average Bonchev–Trinajstić information content (AvgIpc) is 3.18. The summed E-state index contributed by atoms with van der Waals surface area (Å²) in [4.78, 5) is 47.9. The highest BCUT2D eigenvalue weighted by molar-refractivity contribution is 6.38. The van der Waals surface area contributed by atoms with Crippen LogP contribution in [0, 0.1) is 0 Å². The third kappa shape index (κ3) is 4.21. The number of nitrogens with one attached hydrogen (secondary N) is 1. The first-order chi connectivity index (χ1) is 13.1. The number of nitrogens with zero attached hydrogens (tertiary/aromatic N) is 3. The Morgan fingerprint density at radius 2 is 1.89 bits per heavy atom. The molecule has 0 aliphatic carbocycles. The molecule has 0 radical (unpaired) electrons. The fourth-order valence-electron chi connectivity index (χ4n) is 2.48. The molecule has 9 nitrogen and oxygen atoms in total. The molecule has 136 valence electrons. The first-order valence-corrected chi connectivity index (χ1v) is 7.94. The number of aromatic nitrogens is 3. The van der Waals surface area contributed by atoms with Gasteiger partial charge in [-0.3, -0.25) is 14.4 Å². The van der Waals surface area contributed by atoms with Crippen LogP contribution in [0.15, 0.2) is 59.7 Å². The number of hydrogen-bond donors (Lipinski definition) is 2. The van der Waals surface area contributed by atoms with Gasteiger partial charge in [0, 0.05) is 12.6 Å². The minimum atomic E-state index is -1.14. The number of amides is 2. The van der Waals surface area contributed by atoms with E-state index in [1.165, 1.54) is 12.5 Å². The third-order valence-corrected chi connectivity index (χ3v) is 3.75. The van der Waals surface area contributed by atoms with E-state index in [0.29, 0.717) is 5.69 Å². The molecule has 3 aromatic rings. The van der Waals surface area contributed by atoms with Gasteiger partial charge in [0.2, 0.25) is 11.5 Å². The molecule has 0 saturated heterocycles. The molecule has 0 aliphatic heterocycles. The van der Waals surface area contributed by atoms with Crippen molar-refractivity contribution in [2.24, 2.45) is 5.73 Å². The van der Waals surface area contributed by atoms with Crippen LogP contribution in [-0.2, 0) is 16.0 Å². The second kappa shape index (κ2) is 8.00. The highest BCUT2D eigenvalue weighted by Gasteiger charge is 2.28. The lowest BCUT2D eigenvalue weighted by molar-refractivity contribution is -0.137. The summed E-state index contributed by atoms with van der Waals surface area (Å²) in [6.07, 6.45) is 3.99. The van der Waals surface area contributed by atoms with Crippen molar-refractivity contribution in [3.63, 3.8) is 0 Å². The molecule has 3 N–H and O–H groups in total. The Kier molecular flexibility index (Phi) is 5.31. The molecular weight excluding hydrogens is 350 g/mol. The second-order valence-electron chi connectivity index (χ2n) is 5.57. The molecule has 0 fully saturated rings. The maximum Gasteiger partial charge on any atom is 0.290 e. The molecule has 2 aromatic heterocycles. The number of primary amides is 1. The first kappa shape index (κ1) is 17.9. The smallest absolute Gasteiger partial charge is 0.290 e. The van der Waals surface area contributed by atoms with E-state index in [0.717, 1.165) is 12.0 Å². The maximum absolute atomic E-state index is 12.6. The van der Waals surface area contributed by atoms with Crippen LogP contribution in [0.4, 0.5) is 0 Å². The van der Waals surface area contributed by atoms with Crippen molar-refractivity contribution < 1.29 is 18.8 Å². The van der Waals surface area contributed by atoms with Crippen LogP contribution in [0.1, 0.15) is 16.1 Å². The van der Waals surface area contributed by atoms with Crippen molar-refractivity contribution in [2.75, 3.05) is 0 Å². The number of hydrogen-bond acceptors (Lipinski definition) is 7. The number of nitrogens with two attached hydrogens (primary N) is 1. The molecule has 27 heavy (non-hydrogen) atoms. The number of benzene rings is 1. The van der Waals surface area contributed by atoms with Crippen molar-refractivity contribution in [1.82, 2.24) is 20.3 Å². The predicted molar refractivity (Wildman–Crippen MR) is 93.1 cm³/mol. The highest BCUT2D eigenvalue weighted by atomic mass is 16.3. The van der Waals surface area contributed by atoms with Gasteiger partial charge in [-0.2, -0.15) is 0 Å². The Bertz CT molecular complexity index is 956. The van der Waals surface area contributed by atoms with Gasteiger partial charge in [0.05, 0.1) is 5.69 Å². The summed E-state index contributed by atoms with van der Waals surface area (Å²) in [5.41, 5.74) is 6.44. The lowest BCUT2D eigenvalue weighted by atomic mass is 10.0. The van der Waals surface area contributed by atoms with Crippen LogP contribution in [0.3, 0.4) is 0 Å². The van der Waals surface area contributed by atoms with Gasteiger partial charge in [-0.15, -0.1) is 0 Å². The number of ketones is 1. The summed E-state index contributed by atoms with van der Waals surface area (Å²) in [7, 11) is 0. The van der Waals surface area contributed by atoms with Crippen molar-refractivity contribution >= 4 is 17.6 Å². The van der Waals surface area contributed by atoms with Crippen LogP contribution in [0.2, 0.25) is 0 Å². The summed E-state index contributed by atoms with van der Waals surface area (Å²) < 4.78 is 5.16. The largest absolute Gasteiger partial charge is 0.438 e. The zero-order valence-corrected chi connectivity index (χ0v) is 14.0. The van der Waals surface area contributed by atoms with E-state index in [2.05, 4.69) is 20.3 Å². The molecule has 3 rings (SSSR count). The Balaban J connectivity index is 1.84. The molecular formula is C18H15N5O4. The van der Waals surface area contributed by atoms with Gasteiger partial charge in [-0.25, -0.2) is 15.0 Å². The normalized spacial score (nSPS) is 11.6. The van der Waals surface area contributed by atoms with E-state index in [1.54, 1.807) is 30.3 Å². The minimum Gasteiger partial charge on any atom is -0.438 e. The zero-order valence-electron chi connectivity index (χ0n) is 14.0. The molecule has 0 saturated carbocycles. The van der Waals surface area contributed by atoms with Crippen molar-refractivity contribution in [3.8, 4) is 11.4 Å². The summed E-state index contributed by atoms with van der Waals surface area (Å²) in [6.45, 7) is 0. The molecule has 2 heterocycles. The quantitative estimate of drug-likeness (QED) is 0.582. The Morgan fingerprint density at radius 3 is 2.56 bits per heavy atom. The van der Waals surface area contributed by atoms with Gasteiger partial charge in [0.1, 0.15) is 18.1 Å². The van der Waals surface area contributed by atoms with Crippen molar-refractivity contribution in [3.05, 3.63) is 66.6 Å².